The van der Waals surface area contributed by atoms with Crippen LogP contribution in [0.5, 0.6) is 0 Å². The minimum atomic E-state index is 0.693. The molecular weight excluding hydrogens is 683 g/mol. The largest absolute Gasteiger partial charge is 0.309 e. The number of benzene rings is 8. The first kappa shape index (κ1) is 31.9. The molecule has 0 aliphatic heterocycles. The minimum Gasteiger partial charge on any atom is -0.309 e. The molecule has 11 aromatic rings. The molecule has 0 unspecified atom stereocenters. The zero-order valence-corrected chi connectivity index (χ0v) is 30.3. The van der Waals surface area contributed by atoms with Crippen molar-refractivity contribution in [2.24, 2.45) is 0 Å². The third kappa shape index (κ3) is 5.21. The lowest BCUT2D eigenvalue weighted by molar-refractivity contribution is 1.11. The van der Waals surface area contributed by atoms with E-state index in [0.717, 1.165) is 78.3 Å². The molecule has 0 N–H and O–H groups in total. The van der Waals surface area contributed by atoms with Gasteiger partial charge >= 0.3 is 0 Å². The average Bonchev–Trinajstić information content (AvgIpc) is 3.84. The van der Waals surface area contributed by atoms with Crippen LogP contribution in [0.1, 0.15) is 0 Å². The zero-order chi connectivity index (χ0) is 37.0. The van der Waals surface area contributed by atoms with Crippen LogP contribution in [0.3, 0.4) is 0 Å². The van der Waals surface area contributed by atoms with Crippen molar-refractivity contribution in [2.45, 2.75) is 0 Å². The molecule has 0 saturated heterocycles. The van der Waals surface area contributed by atoms with E-state index in [2.05, 4.69) is 167 Å². The number of aromatic nitrogens is 5. The van der Waals surface area contributed by atoms with Gasteiger partial charge in [0, 0.05) is 49.8 Å². The fourth-order valence-electron chi connectivity index (χ4n) is 8.18. The standard InChI is InChI=1S/C51H33N5/c1-5-15-34(16-6-1)44-33-45(35-17-7-2-8-18-35)53-50(52-44)36-25-27-39(28-26-36)55-46-24-14-13-23-42(46)48-40-29-31-43-49(41(40)30-32-47(48)55)56(38-21-11-4-12-22-38)51(54-43)37-19-9-3-10-20-37/h1-33H. The molecule has 8 aromatic carbocycles. The molecule has 0 aliphatic rings. The van der Waals surface area contributed by atoms with Crippen molar-refractivity contribution in [2.75, 3.05) is 0 Å². The van der Waals surface area contributed by atoms with Gasteiger partial charge in [-0.2, -0.15) is 0 Å². The summed E-state index contributed by atoms with van der Waals surface area (Å²) in [5, 5.41) is 4.78. The van der Waals surface area contributed by atoms with Gasteiger partial charge in [-0.25, -0.2) is 15.0 Å². The number of rotatable bonds is 6. The molecular formula is C51H33N5. The van der Waals surface area contributed by atoms with E-state index in [-0.39, 0.29) is 0 Å². The van der Waals surface area contributed by atoms with Crippen LogP contribution in [-0.4, -0.2) is 24.1 Å². The van der Waals surface area contributed by atoms with Gasteiger partial charge in [0.25, 0.3) is 0 Å². The molecule has 0 atom stereocenters. The molecule has 3 heterocycles. The van der Waals surface area contributed by atoms with Gasteiger partial charge in [-0.05, 0) is 66.0 Å². The van der Waals surface area contributed by atoms with E-state index in [1.807, 2.05) is 42.5 Å². The molecule has 0 fully saturated rings. The first-order valence-corrected chi connectivity index (χ1v) is 18.9. The summed E-state index contributed by atoms with van der Waals surface area (Å²) in [6, 6.07) is 70.1. The first-order valence-electron chi connectivity index (χ1n) is 18.9. The Morgan fingerprint density at radius 1 is 0.339 bits per heavy atom. The first-order chi connectivity index (χ1) is 27.8. The number of fused-ring (bicyclic) bond motifs is 7. The Labute approximate surface area is 323 Å². The maximum absolute atomic E-state index is 5.23. The maximum atomic E-state index is 5.23. The normalized spacial score (nSPS) is 11.6. The van der Waals surface area contributed by atoms with Crippen LogP contribution in [0, 0.1) is 0 Å². The van der Waals surface area contributed by atoms with Gasteiger partial charge in [0.2, 0.25) is 0 Å². The van der Waals surface area contributed by atoms with E-state index in [0.29, 0.717) is 5.82 Å². The zero-order valence-electron chi connectivity index (χ0n) is 30.3. The summed E-state index contributed by atoms with van der Waals surface area (Å²) >= 11 is 0. The second-order valence-electron chi connectivity index (χ2n) is 14.1. The predicted molar refractivity (Wildman–Crippen MR) is 230 cm³/mol. The monoisotopic (exact) mass is 715 g/mol. The van der Waals surface area contributed by atoms with Crippen molar-refractivity contribution < 1.29 is 0 Å². The Hall–Kier alpha value is -7.63. The number of imidazole rings is 1. The summed E-state index contributed by atoms with van der Waals surface area (Å²) in [5.41, 5.74) is 12.5. The van der Waals surface area contributed by atoms with Crippen molar-refractivity contribution >= 4 is 43.6 Å². The Bertz CT molecular complexity index is 3150. The van der Waals surface area contributed by atoms with Crippen molar-refractivity contribution in [1.82, 2.24) is 24.1 Å². The van der Waals surface area contributed by atoms with Crippen molar-refractivity contribution in [1.29, 1.82) is 0 Å². The van der Waals surface area contributed by atoms with Gasteiger partial charge in [-0.1, -0.05) is 140 Å². The van der Waals surface area contributed by atoms with E-state index in [9.17, 15) is 0 Å². The summed E-state index contributed by atoms with van der Waals surface area (Å²) < 4.78 is 4.69. The van der Waals surface area contributed by atoms with Crippen LogP contribution in [0.25, 0.3) is 100 Å². The molecule has 0 bridgehead atoms. The summed E-state index contributed by atoms with van der Waals surface area (Å²) in [4.78, 5) is 15.4. The Balaban J connectivity index is 1.09. The van der Waals surface area contributed by atoms with E-state index in [4.69, 9.17) is 15.0 Å². The number of hydrogen-bond donors (Lipinski definition) is 0. The Kier molecular flexibility index (Phi) is 7.42. The van der Waals surface area contributed by atoms with Crippen LogP contribution in [0.4, 0.5) is 0 Å². The fraction of sp³-hybridized carbons (Fsp3) is 0. The molecule has 0 radical (unpaired) electrons. The van der Waals surface area contributed by atoms with Crippen LogP contribution in [0.2, 0.25) is 0 Å². The van der Waals surface area contributed by atoms with E-state index in [1.165, 1.54) is 16.2 Å². The van der Waals surface area contributed by atoms with Gasteiger partial charge in [0.05, 0.1) is 33.5 Å². The van der Waals surface area contributed by atoms with E-state index < -0.39 is 0 Å². The lowest BCUT2D eigenvalue weighted by Gasteiger charge is -2.12. The SMILES string of the molecule is c1ccc(-c2cc(-c3ccccc3)nc(-c3ccc(-n4c5ccccc5c5c6ccc7nc(-c8ccccc8)n(-c8ccccc8)c7c6ccc54)cc3)n2)cc1. The van der Waals surface area contributed by atoms with Crippen molar-refractivity contribution in [3.63, 3.8) is 0 Å². The average molecular weight is 716 g/mol. The molecule has 56 heavy (non-hydrogen) atoms. The molecule has 5 nitrogen and oxygen atoms in total. The molecule has 262 valence electrons. The predicted octanol–water partition coefficient (Wildman–Crippen LogP) is 12.7. The third-order valence-electron chi connectivity index (χ3n) is 10.7. The molecule has 0 amide bonds. The van der Waals surface area contributed by atoms with Gasteiger partial charge in [-0.3, -0.25) is 4.57 Å². The Morgan fingerprint density at radius 3 is 1.55 bits per heavy atom. The highest BCUT2D eigenvalue weighted by Gasteiger charge is 2.21. The highest BCUT2D eigenvalue weighted by atomic mass is 15.1. The van der Waals surface area contributed by atoms with Gasteiger partial charge < -0.3 is 4.57 Å². The van der Waals surface area contributed by atoms with Gasteiger partial charge in [-0.15, -0.1) is 0 Å². The maximum Gasteiger partial charge on any atom is 0.160 e. The number of para-hydroxylation sites is 2. The lowest BCUT2D eigenvalue weighted by Crippen LogP contribution is -1.98. The molecule has 0 aliphatic carbocycles. The Morgan fingerprint density at radius 2 is 0.893 bits per heavy atom. The van der Waals surface area contributed by atoms with Crippen molar-refractivity contribution in [3.05, 3.63) is 200 Å². The van der Waals surface area contributed by atoms with Crippen molar-refractivity contribution in [3.8, 4) is 56.7 Å². The summed E-state index contributed by atoms with van der Waals surface area (Å²) in [7, 11) is 0. The third-order valence-corrected chi connectivity index (χ3v) is 10.7. The minimum absolute atomic E-state index is 0.693. The van der Waals surface area contributed by atoms with Gasteiger partial charge in [0.15, 0.2) is 5.82 Å². The number of hydrogen-bond acceptors (Lipinski definition) is 3. The van der Waals surface area contributed by atoms with Crippen LogP contribution in [0.15, 0.2) is 200 Å². The summed E-state index contributed by atoms with van der Waals surface area (Å²) in [6.45, 7) is 0. The van der Waals surface area contributed by atoms with Crippen LogP contribution >= 0.6 is 0 Å². The van der Waals surface area contributed by atoms with E-state index in [1.54, 1.807) is 0 Å². The topological polar surface area (TPSA) is 48.5 Å². The second kappa shape index (κ2) is 13.0. The van der Waals surface area contributed by atoms with Crippen LogP contribution in [-0.2, 0) is 0 Å². The molecule has 0 spiro atoms. The van der Waals surface area contributed by atoms with Crippen LogP contribution < -0.4 is 0 Å². The van der Waals surface area contributed by atoms with Gasteiger partial charge in [0.1, 0.15) is 5.82 Å². The molecule has 0 saturated carbocycles. The summed E-state index contributed by atoms with van der Waals surface area (Å²) in [6.07, 6.45) is 0. The fourth-order valence-corrected chi connectivity index (χ4v) is 8.18. The second-order valence-corrected chi connectivity index (χ2v) is 14.1. The highest BCUT2D eigenvalue weighted by Crippen LogP contribution is 2.41. The quantitative estimate of drug-likeness (QED) is 0.172. The molecule has 3 aromatic heterocycles. The highest BCUT2D eigenvalue weighted by molar-refractivity contribution is 6.25. The lowest BCUT2D eigenvalue weighted by atomic mass is 10.0. The van der Waals surface area contributed by atoms with E-state index >= 15 is 0 Å². The smallest absolute Gasteiger partial charge is 0.160 e. The number of nitrogens with zero attached hydrogens (tertiary/aromatic N) is 5. The molecule has 11 rings (SSSR count). The summed E-state index contributed by atoms with van der Waals surface area (Å²) in [5.74, 6) is 1.62. The molecule has 5 heteroatoms.